The van der Waals surface area contributed by atoms with Crippen molar-refractivity contribution in [2.24, 2.45) is 39.7 Å². The van der Waals surface area contributed by atoms with Gasteiger partial charge in [0.25, 0.3) is 17.7 Å². The standard InChI is InChI=1S/C36H50N6O7/c1-34(2,3)23(17-42-30(46)19-11-9-10-12-20(19)31(42)47)39-33(49)40-27(35(4,5)6)32(48)41-16-21-24(36(21,7)8)25(41)29(45)38-22(15-18-13-14-18)26(43)28(37)44/h9-12,18,21-25,27H,13-17H2,1-8H3,(H2,37,44)(H,38,45)(H2,39,40,49)/t21-,22?,23+,24-,25-,27+/m0/s1. The number of urea groups is 1. The summed E-state index contributed by atoms with van der Waals surface area (Å²) < 4.78 is 0. The van der Waals surface area contributed by atoms with Crippen LogP contribution in [0, 0.1) is 34.0 Å². The fraction of sp³-hybridized carbons (Fsp3) is 0.639. The van der Waals surface area contributed by atoms with Crippen molar-refractivity contribution in [1.82, 2.24) is 25.8 Å². The van der Waals surface area contributed by atoms with Crippen LogP contribution in [0.4, 0.5) is 4.79 Å². The van der Waals surface area contributed by atoms with E-state index in [2.05, 4.69) is 16.0 Å². The van der Waals surface area contributed by atoms with Crippen LogP contribution in [-0.2, 0) is 19.2 Å². The van der Waals surface area contributed by atoms with E-state index in [-0.39, 0.29) is 29.7 Å². The molecule has 5 rings (SSSR count). The molecule has 2 aliphatic carbocycles. The smallest absolute Gasteiger partial charge is 0.315 e. The van der Waals surface area contributed by atoms with E-state index in [1.165, 1.54) is 4.90 Å². The Bertz CT molecular complexity index is 1550. The highest BCUT2D eigenvalue weighted by Crippen LogP contribution is 2.65. The second-order valence-electron chi connectivity index (χ2n) is 17.0. The number of benzene rings is 1. The molecule has 0 radical (unpaired) electrons. The number of likely N-dealkylation sites (tertiary alicyclic amines) is 1. The second kappa shape index (κ2) is 12.5. The van der Waals surface area contributed by atoms with E-state index >= 15 is 0 Å². The molecular formula is C36H50N6O7. The number of piperidine rings is 1. The predicted molar refractivity (Wildman–Crippen MR) is 180 cm³/mol. The molecule has 266 valence electrons. The Morgan fingerprint density at radius 3 is 1.96 bits per heavy atom. The number of hydrogen-bond acceptors (Lipinski definition) is 7. The number of amides is 7. The lowest BCUT2D eigenvalue weighted by Crippen LogP contribution is -2.62. The zero-order chi connectivity index (χ0) is 36.4. The predicted octanol–water partition coefficient (Wildman–Crippen LogP) is 2.23. The molecule has 0 spiro atoms. The molecule has 3 fully saturated rings. The Labute approximate surface area is 287 Å². The maximum atomic E-state index is 14.4. The van der Waals surface area contributed by atoms with Crippen LogP contribution in [0.15, 0.2) is 24.3 Å². The van der Waals surface area contributed by atoms with Crippen LogP contribution < -0.4 is 21.7 Å². The van der Waals surface area contributed by atoms with Gasteiger partial charge in [-0.1, -0.05) is 80.4 Å². The first kappa shape index (κ1) is 36.0. The van der Waals surface area contributed by atoms with E-state index in [0.29, 0.717) is 24.1 Å². The van der Waals surface area contributed by atoms with Crippen molar-refractivity contribution in [2.75, 3.05) is 13.1 Å². The molecule has 13 nitrogen and oxygen atoms in total. The van der Waals surface area contributed by atoms with E-state index in [1.54, 1.807) is 24.3 Å². The molecule has 1 saturated heterocycles. The lowest BCUT2D eigenvalue weighted by molar-refractivity contribution is -0.145. The summed E-state index contributed by atoms with van der Waals surface area (Å²) in [5.41, 5.74) is 4.34. The van der Waals surface area contributed by atoms with Crippen LogP contribution in [0.1, 0.15) is 95.4 Å². The average molecular weight is 679 g/mol. The first-order valence-corrected chi connectivity index (χ1v) is 17.1. The number of fused-ring (bicyclic) bond motifs is 2. The molecule has 6 atom stereocenters. The zero-order valence-corrected chi connectivity index (χ0v) is 29.7. The van der Waals surface area contributed by atoms with Crippen molar-refractivity contribution in [3.05, 3.63) is 35.4 Å². The lowest BCUT2D eigenvalue weighted by atomic mass is 9.85. The number of rotatable bonds is 11. The summed E-state index contributed by atoms with van der Waals surface area (Å²) in [7, 11) is 0. The minimum atomic E-state index is -1.12. The van der Waals surface area contributed by atoms with Gasteiger partial charge in [-0.05, 0) is 52.6 Å². The minimum Gasteiger partial charge on any atom is -0.363 e. The SMILES string of the molecule is CC(C)(C)[C@H](NC(=O)N[C@H](CN1C(=O)c2ccccc2C1=O)C(C)(C)C)C(=O)N1C[C@H]2[C@@H]([C@H]1C(=O)NC(CC1CC1)C(=O)C(N)=O)C2(C)C. The average Bonchev–Trinajstić information content (AvgIpc) is 3.83. The molecule has 1 aromatic carbocycles. The van der Waals surface area contributed by atoms with Crippen LogP contribution in [0.25, 0.3) is 0 Å². The van der Waals surface area contributed by atoms with Gasteiger partial charge >= 0.3 is 6.03 Å². The maximum absolute atomic E-state index is 14.4. The highest BCUT2D eigenvalue weighted by Gasteiger charge is 2.70. The van der Waals surface area contributed by atoms with Crippen LogP contribution in [-0.4, -0.2) is 88.4 Å². The first-order valence-electron chi connectivity index (χ1n) is 17.1. The number of primary amides is 1. The van der Waals surface area contributed by atoms with Crippen LogP contribution in [0.2, 0.25) is 0 Å². The molecule has 1 aromatic rings. The van der Waals surface area contributed by atoms with Crippen molar-refractivity contribution in [2.45, 2.75) is 98.8 Å². The van der Waals surface area contributed by atoms with Crippen LogP contribution in [0.3, 0.4) is 0 Å². The van der Waals surface area contributed by atoms with E-state index in [1.807, 2.05) is 55.4 Å². The number of nitrogens with one attached hydrogen (secondary N) is 3. The van der Waals surface area contributed by atoms with E-state index in [9.17, 15) is 33.6 Å². The summed E-state index contributed by atoms with van der Waals surface area (Å²) in [6, 6.07) is 2.23. The van der Waals surface area contributed by atoms with E-state index in [0.717, 1.165) is 17.7 Å². The molecule has 2 aliphatic heterocycles. The number of hydrogen-bond donors (Lipinski definition) is 4. The van der Waals surface area contributed by atoms with Gasteiger partial charge in [-0.2, -0.15) is 0 Å². The monoisotopic (exact) mass is 678 g/mol. The van der Waals surface area contributed by atoms with Crippen molar-refractivity contribution in [1.29, 1.82) is 0 Å². The Morgan fingerprint density at radius 2 is 1.47 bits per heavy atom. The molecule has 2 saturated carbocycles. The molecule has 1 unspecified atom stereocenters. The third-order valence-electron chi connectivity index (χ3n) is 10.9. The largest absolute Gasteiger partial charge is 0.363 e. The molecule has 4 aliphatic rings. The third-order valence-corrected chi connectivity index (χ3v) is 10.9. The van der Waals surface area contributed by atoms with Crippen LogP contribution >= 0.6 is 0 Å². The van der Waals surface area contributed by atoms with Gasteiger partial charge in [0.1, 0.15) is 12.1 Å². The summed E-state index contributed by atoms with van der Waals surface area (Å²) in [6.07, 6.45) is 2.12. The Balaban J connectivity index is 1.32. The molecule has 49 heavy (non-hydrogen) atoms. The summed E-state index contributed by atoms with van der Waals surface area (Å²) in [5, 5.41) is 8.51. The molecule has 0 aromatic heterocycles. The molecule has 2 heterocycles. The lowest BCUT2D eigenvalue weighted by Gasteiger charge is -2.39. The number of ketones is 1. The van der Waals surface area contributed by atoms with Crippen molar-refractivity contribution < 1.29 is 33.6 Å². The topological polar surface area (TPSA) is 188 Å². The minimum absolute atomic E-state index is 0.0419. The van der Waals surface area contributed by atoms with Gasteiger partial charge in [-0.3, -0.25) is 33.7 Å². The fourth-order valence-corrected chi connectivity index (χ4v) is 7.43. The van der Waals surface area contributed by atoms with Crippen molar-refractivity contribution >= 4 is 41.4 Å². The van der Waals surface area contributed by atoms with Gasteiger partial charge < -0.3 is 26.6 Å². The van der Waals surface area contributed by atoms with Gasteiger partial charge in [0.05, 0.1) is 29.8 Å². The quantitative estimate of drug-likeness (QED) is 0.204. The Hall–Kier alpha value is -4.29. The molecule has 7 amide bonds. The van der Waals surface area contributed by atoms with Gasteiger partial charge in [0.15, 0.2) is 0 Å². The number of Topliss-reactive ketones (excluding diaryl/α,β-unsaturated/α-hetero) is 1. The van der Waals surface area contributed by atoms with E-state index < -0.39 is 76.3 Å². The maximum Gasteiger partial charge on any atom is 0.315 e. The normalized spacial score (nSPS) is 24.4. The zero-order valence-electron chi connectivity index (χ0n) is 29.7. The second-order valence-corrected chi connectivity index (χ2v) is 17.0. The van der Waals surface area contributed by atoms with Gasteiger partial charge in [-0.15, -0.1) is 0 Å². The molecule has 0 bridgehead atoms. The number of nitrogens with two attached hydrogens (primary N) is 1. The molecular weight excluding hydrogens is 628 g/mol. The number of carbonyl (C=O) groups is 7. The molecule has 5 N–H and O–H groups in total. The van der Waals surface area contributed by atoms with E-state index in [4.69, 9.17) is 5.73 Å². The van der Waals surface area contributed by atoms with Crippen molar-refractivity contribution in [3.63, 3.8) is 0 Å². The summed E-state index contributed by atoms with van der Waals surface area (Å²) >= 11 is 0. The summed E-state index contributed by atoms with van der Waals surface area (Å²) in [4.78, 5) is 95.2. The number of nitrogens with zero attached hydrogens (tertiary/aromatic N) is 2. The van der Waals surface area contributed by atoms with Crippen molar-refractivity contribution in [3.8, 4) is 0 Å². The summed E-state index contributed by atoms with van der Waals surface area (Å²) in [6.45, 7) is 15.4. The Morgan fingerprint density at radius 1 is 0.898 bits per heavy atom. The molecule has 13 heteroatoms. The fourth-order valence-electron chi connectivity index (χ4n) is 7.43. The Kier molecular flexibility index (Phi) is 9.22. The van der Waals surface area contributed by atoms with Gasteiger partial charge in [-0.25, -0.2) is 4.79 Å². The number of carbonyl (C=O) groups excluding carboxylic acids is 7. The third kappa shape index (κ3) is 7.07. The van der Waals surface area contributed by atoms with Gasteiger partial charge in [0, 0.05) is 6.54 Å². The van der Waals surface area contributed by atoms with Crippen LogP contribution in [0.5, 0.6) is 0 Å². The highest BCUT2D eigenvalue weighted by atomic mass is 16.2. The van der Waals surface area contributed by atoms with Gasteiger partial charge in [0.2, 0.25) is 17.6 Å². The number of imide groups is 1. The highest BCUT2D eigenvalue weighted by molar-refractivity contribution is 6.37. The first-order chi connectivity index (χ1) is 22.6. The summed E-state index contributed by atoms with van der Waals surface area (Å²) in [5.74, 6) is -3.70.